The first kappa shape index (κ1) is 16.4. The fourth-order valence-electron chi connectivity index (χ4n) is 1.41. The molecule has 0 radical (unpaired) electrons. The van der Waals surface area contributed by atoms with Gasteiger partial charge in [0.1, 0.15) is 29.8 Å². The SMILES string of the molecule is COCCOCCOCCOc1cccc(F)c1C#N. The van der Waals surface area contributed by atoms with Gasteiger partial charge in [-0.3, -0.25) is 0 Å². The zero-order chi connectivity index (χ0) is 14.6. The largest absolute Gasteiger partial charge is 0.490 e. The van der Waals surface area contributed by atoms with Crippen LogP contribution in [0.4, 0.5) is 4.39 Å². The van der Waals surface area contributed by atoms with Crippen LogP contribution in [0.25, 0.3) is 0 Å². The first-order chi connectivity index (χ1) is 9.79. The molecule has 0 unspecified atom stereocenters. The maximum absolute atomic E-state index is 13.3. The Hall–Kier alpha value is -1.68. The average molecular weight is 283 g/mol. The summed E-state index contributed by atoms with van der Waals surface area (Å²) in [5.41, 5.74) is -0.0876. The number of benzene rings is 1. The van der Waals surface area contributed by atoms with Gasteiger partial charge in [-0.2, -0.15) is 5.26 Å². The lowest BCUT2D eigenvalue weighted by molar-refractivity contribution is 0.0179. The molecular weight excluding hydrogens is 265 g/mol. The van der Waals surface area contributed by atoms with Gasteiger partial charge in [-0.05, 0) is 12.1 Å². The van der Waals surface area contributed by atoms with Crippen LogP contribution in [0.5, 0.6) is 5.75 Å². The third kappa shape index (κ3) is 5.97. The van der Waals surface area contributed by atoms with Gasteiger partial charge >= 0.3 is 0 Å². The smallest absolute Gasteiger partial charge is 0.144 e. The minimum absolute atomic E-state index is 0.0876. The van der Waals surface area contributed by atoms with Crippen LogP contribution in [0.15, 0.2) is 18.2 Å². The first-order valence-corrected chi connectivity index (χ1v) is 6.25. The molecule has 0 saturated heterocycles. The lowest BCUT2D eigenvalue weighted by Gasteiger charge is -2.09. The monoisotopic (exact) mass is 283 g/mol. The van der Waals surface area contributed by atoms with E-state index in [0.29, 0.717) is 33.0 Å². The van der Waals surface area contributed by atoms with Crippen molar-refractivity contribution in [2.75, 3.05) is 46.8 Å². The van der Waals surface area contributed by atoms with Crippen LogP contribution in [0.2, 0.25) is 0 Å². The van der Waals surface area contributed by atoms with Gasteiger partial charge in [-0.1, -0.05) is 6.07 Å². The Morgan fingerprint density at radius 2 is 1.70 bits per heavy atom. The summed E-state index contributed by atoms with van der Waals surface area (Å²) in [4.78, 5) is 0. The predicted molar refractivity (Wildman–Crippen MR) is 70.1 cm³/mol. The van der Waals surface area contributed by atoms with Crippen LogP contribution in [-0.4, -0.2) is 46.8 Å². The summed E-state index contributed by atoms with van der Waals surface area (Å²) in [6, 6.07) is 6.04. The fraction of sp³-hybridized carbons (Fsp3) is 0.500. The molecule has 0 aliphatic carbocycles. The molecule has 0 aliphatic rings. The highest BCUT2D eigenvalue weighted by Crippen LogP contribution is 2.19. The quantitative estimate of drug-likeness (QED) is 0.612. The number of nitrogens with zero attached hydrogens (tertiary/aromatic N) is 1. The summed E-state index contributed by atoms with van der Waals surface area (Å²) in [5, 5.41) is 8.81. The molecular formula is C14H18FNO4. The van der Waals surface area contributed by atoms with Gasteiger partial charge in [0.15, 0.2) is 0 Å². The van der Waals surface area contributed by atoms with Gasteiger partial charge < -0.3 is 18.9 Å². The molecule has 6 heteroatoms. The Morgan fingerprint density at radius 1 is 1.05 bits per heavy atom. The van der Waals surface area contributed by atoms with Crippen LogP contribution in [0, 0.1) is 17.1 Å². The zero-order valence-electron chi connectivity index (χ0n) is 11.4. The number of hydrogen-bond acceptors (Lipinski definition) is 5. The highest BCUT2D eigenvalue weighted by molar-refractivity contribution is 5.43. The van der Waals surface area contributed by atoms with E-state index in [2.05, 4.69) is 0 Å². The molecule has 5 nitrogen and oxygen atoms in total. The molecule has 110 valence electrons. The lowest BCUT2D eigenvalue weighted by atomic mass is 10.2. The second-order valence-electron chi connectivity index (χ2n) is 3.79. The second kappa shape index (κ2) is 10.1. The summed E-state index contributed by atoms with van der Waals surface area (Å²) < 4.78 is 33.9. The Bertz CT molecular complexity index is 434. The highest BCUT2D eigenvalue weighted by Gasteiger charge is 2.08. The number of hydrogen-bond donors (Lipinski definition) is 0. The van der Waals surface area contributed by atoms with E-state index >= 15 is 0 Å². The van der Waals surface area contributed by atoms with Crippen molar-refractivity contribution in [3.63, 3.8) is 0 Å². The fourth-order valence-corrected chi connectivity index (χ4v) is 1.41. The van der Waals surface area contributed by atoms with E-state index in [1.54, 1.807) is 19.2 Å². The maximum atomic E-state index is 13.3. The number of rotatable bonds is 10. The topological polar surface area (TPSA) is 60.7 Å². The third-order valence-electron chi connectivity index (χ3n) is 2.38. The summed E-state index contributed by atoms with van der Waals surface area (Å²) >= 11 is 0. The van der Waals surface area contributed by atoms with E-state index in [0.717, 1.165) is 0 Å². The summed E-state index contributed by atoms with van der Waals surface area (Å²) in [5.74, 6) is -0.357. The summed E-state index contributed by atoms with van der Waals surface area (Å²) in [6.07, 6.45) is 0. The number of halogens is 1. The van der Waals surface area contributed by atoms with Gasteiger partial charge in [0.05, 0.1) is 33.0 Å². The van der Waals surface area contributed by atoms with Crippen LogP contribution < -0.4 is 4.74 Å². The van der Waals surface area contributed by atoms with Crippen molar-refractivity contribution in [3.05, 3.63) is 29.6 Å². The van der Waals surface area contributed by atoms with Crippen LogP contribution in [0.1, 0.15) is 5.56 Å². The number of ether oxygens (including phenoxy) is 4. The summed E-state index contributed by atoms with van der Waals surface area (Å²) in [7, 11) is 1.61. The Labute approximate surface area is 117 Å². The Balaban J connectivity index is 2.13. The normalized spacial score (nSPS) is 10.2. The number of nitriles is 1. The van der Waals surface area contributed by atoms with Crippen molar-refractivity contribution in [2.24, 2.45) is 0 Å². The molecule has 1 rings (SSSR count). The zero-order valence-corrected chi connectivity index (χ0v) is 11.4. The summed E-state index contributed by atoms with van der Waals surface area (Å²) in [6.45, 7) is 2.60. The molecule has 0 heterocycles. The molecule has 20 heavy (non-hydrogen) atoms. The standard InChI is InChI=1S/C14H18FNO4/c1-17-5-6-18-7-8-19-9-10-20-14-4-2-3-13(15)12(14)11-16/h2-4H,5-10H2,1H3. The van der Waals surface area contributed by atoms with E-state index < -0.39 is 5.82 Å². The average Bonchev–Trinajstić information content (AvgIpc) is 2.45. The van der Waals surface area contributed by atoms with Gasteiger partial charge in [0.25, 0.3) is 0 Å². The highest BCUT2D eigenvalue weighted by atomic mass is 19.1. The molecule has 0 N–H and O–H groups in total. The molecule has 0 amide bonds. The first-order valence-electron chi connectivity index (χ1n) is 6.25. The van der Waals surface area contributed by atoms with Crippen molar-refractivity contribution in [2.45, 2.75) is 0 Å². The van der Waals surface area contributed by atoms with E-state index in [1.807, 2.05) is 0 Å². The molecule has 0 spiro atoms. The van der Waals surface area contributed by atoms with E-state index in [-0.39, 0.29) is 17.9 Å². The molecule has 0 atom stereocenters. The van der Waals surface area contributed by atoms with Gasteiger partial charge in [0, 0.05) is 7.11 Å². The van der Waals surface area contributed by atoms with Crippen molar-refractivity contribution in [1.82, 2.24) is 0 Å². The van der Waals surface area contributed by atoms with Crippen molar-refractivity contribution < 1.29 is 23.3 Å². The van der Waals surface area contributed by atoms with E-state index in [4.69, 9.17) is 24.2 Å². The lowest BCUT2D eigenvalue weighted by Crippen LogP contribution is -2.12. The van der Waals surface area contributed by atoms with Crippen molar-refractivity contribution >= 4 is 0 Å². The molecule has 1 aromatic rings. The molecule has 0 aromatic heterocycles. The minimum atomic E-state index is -0.586. The minimum Gasteiger partial charge on any atom is -0.490 e. The van der Waals surface area contributed by atoms with Crippen LogP contribution in [0.3, 0.4) is 0 Å². The van der Waals surface area contributed by atoms with Crippen LogP contribution >= 0.6 is 0 Å². The molecule has 0 bridgehead atoms. The molecule has 0 aliphatic heterocycles. The Kier molecular flexibility index (Phi) is 8.31. The van der Waals surface area contributed by atoms with Crippen LogP contribution in [-0.2, 0) is 14.2 Å². The molecule has 0 fully saturated rings. The van der Waals surface area contributed by atoms with Crippen molar-refractivity contribution in [3.8, 4) is 11.8 Å². The maximum Gasteiger partial charge on any atom is 0.144 e. The molecule has 1 aromatic carbocycles. The van der Waals surface area contributed by atoms with Gasteiger partial charge in [0.2, 0.25) is 0 Å². The Morgan fingerprint density at radius 3 is 2.35 bits per heavy atom. The predicted octanol–water partition coefficient (Wildman–Crippen LogP) is 1.76. The van der Waals surface area contributed by atoms with E-state index in [1.165, 1.54) is 12.1 Å². The van der Waals surface area contributed by atoms with E-state index in [9.17, 15) is 4.39 Å². The number of methoxy groups -OCH3 is 1. The molecule has 0 saturated carbocycles. The second-order valence-corrected chi connectivity index (χ2v) is 3.79. The van der Waals surface area contributed by atoms with Crippen molar-refractivity contribution in [1.29, 1.82) is 5.26 Å². The third-order valence-corrected chi connectivity index (χ3v) is 2.38. The van der Waals surface area contributed by atoms with Gasteiger partial charge in [-0.15, -0.1) is 0 Å². The van der Waals surface area contributed by atoms with Gasteiger partial charge in [-0.25, -0.2) is 4.39 Å².